The number of amides is 1. The Kier molecular flexibility index (Phi) is 6.76. The number of hydrogen-bond acceptors (Lipinski definition) is 8. The number of benzene rings is 2. The van der Waals surface area contributed by atoms with Crippen LogP contribution in [0.15, 0.2) is 42.5 Å². The average Bonchev–Trinajstić information content (AvgIpc) is 3.49. The van der Waals surface area contributed by atoms with Gasteiger partial charge in [0.05, 0.1) is 32.8 Å². The van der Waals surface area contributed by atoms with Gasteiger partial charge in [0.15, 0.2) is 11.5 Å². The molecule has 0 aromatic heterocycles. The van der Waals surface area contributed by atoms with Crippen LogP contribution in [0.2, 0.25) is 0 Å². The highest BCUT2D eigenvalue weighted by atomic mass is 16.7. The summed E-state index contributed by atoms with van der Waals surface area (Å²) in [5.74, 6) is -0.263. The number of carbonyl (C=O) groups excluding carboxylic acids is 1. The first-order valence-corrected chi connectivity index (χ1v) is 11.7. The number of carboxylic acids is 1. The number of hydrazine groups is 1. The zero-order chi connectivity index (χ0) is 24.4. The molecule has 3 heterocycles. The van der Waals surface area contributed by atoms with E-state index in [0.29, 0.717) is 50.1 Å². The maximum absolute atomic E-state index is 13.0. The lowest BCUT2D eigenvalue weighted by Crippen LogP contribution is -2.51. The molecule has 10 heteroatoms. The maximum atomic E-state index is 13.0. The number of nitrogens with zero attached hydrogens (tertiary/aromatic N) is 2. The zero-order valence-corrected chi connectivity index (χ0v) is 19.5. The second-order valence-corrected chi connectivity index (χ2v) is 8.87. The lowest BCUT2D eigenvalue weighted by atomic mass is 9.82. The van der Waals surface area contributed by atoms with Crippen molar-refractivity contribution in [3.63, 3.8) is 0 Å². The Balaban J connectivity index is 1.44. The van der Waals surface area contributed by atoms with Crippen LogP contribution >= 0.6 is 0 Å². The van der Waals surface area contributed by atoms with Gasteiger partial charge in [0.25, 0.3) is 0 Å². The molecule has 5 rings (SSSR count). The molecule has 2 N–H and O–H groups in total. The summed E-state index contributed by atoms with van der Waals surface area (Å²) in [6.45, 7) is 2.98. The maximum Gasteiger partial charge on any atom is 0.309 e. The normalized spacial score (nSPS) is 24.3. The van der Waals surface area contributed by atoms with Gasteiger partial charge in [0, 0.05) is 31.6 Å². The molecule has 2 aromatic rings. The molecule has 2 fully saturated rings. The van der Waals surface area contributed by atoms with Crippen molar-refractivity contribution in [2.75, 3.05) is 53.3 Å². The third-order valence-corrected chi connectivity index (χ3v) is 6.81. The molecule has 3 aliphatic rings. The highest BCUT2D eigenvalue weighted by Gasteiger charge is 2.48. The first kappa shape index (κ1) is 23.4. The minimum Gasteiger partial charge on any atom is -0.497 e. The minimum absolute atomic E-state index is 0.0683. The average molecular weight is 484 g/mol. The van der Waals surface area contributed by atoms with E-state index in [2.05, 4.69) is 5.43 Å². The molecule has 0 aliphatic carbocycles. The van der Waals surface area contributed by atoms with E-state index in [1.807, 2.05) is 52.4 Å². The number of hydrogen-bond donors (Lipinski definition) is 2. The number of likely N-dealkylation sites (tertiary alicyclic amines) is 1. The highest BCUT2D eigenvalue weighted by Crippen LogP contribution is 2.47. The van der Waals surface area contributed by atoms with Crippen molar-refractivity contribution >= 4 is 11.9 Å². The molecule has 186 valence electrons. The summed E-state index contributed by atoms with van der Waals surface area (Å²) in [6.07, 6.45) is 0. The van der Waals surface area contributed by atoms with E-state index in [-0.39, 0.29) is 25.2 Å². The van der Waals surface area contributed by atoms with E-state index in [1.165, 1.54) is 0 Å². The molecular formula is C25H29N3O7. The predicted octanol–water partition coefficient (Wildman–Crippen LogP) is 1.63. The summed E-state index contributed by atoms with van der Waals surface area (Å²) in [4.78, 5) is 27.6. The molecule has 3 unspecified atom stereocenters. The van der Waals surface area contributed by atoms with Crippen LogP contribution in [0.3, 0.4) is 0 Å². The third-order valence-electron chi connectivity index (χ3n) is 6.81. The van der Waals surface area contributed by atoms with Gasteiger partial charge in [-0.1, -0.05) is 18.2 Å². The summed E-state index contributed by atoms with van der Waals surface area (Å²) in [5, 5.41) is 12.2. The number of carboxylic acid groups (broad SMARTS) is 1. The van der Waals surface area contributed by atoms with Gasteiger partial charge in [0.2, 0.25) is 12.7 Å². The van der Waals surface area contributed by atoms with Crippen molar-refractivity contribution < 1.29 is 33.6 Å². The van der Waals surface area contributed by atoms with Gasteiger partial charge in [-0.3, -0.25) is 19.9 Å². The van der Waals surface area contributed by atoms with Crippen LogP contribution in [0, 0.1) is 5.92 Å². The lowest BCUT2D eigenvalue weighted by molar-refractivity contribution is -0.143. The van der Waals surface area contributed by atoms with Crippen LogP contribution in [0.1, 0.15) is 23.1 Å². The van der Waals surface area contributed by atoms with Gasteiger partial charge in [-0.25, -0.2) is 5.01 Å². The van der Waals surface area contributed by atoms with E-state index in [1.54, 1.807) is 7.11 Å². The Morgan fingerprint density at radius 2 is 1.77 bits per heavy atom. The van der Waals surface area contributed by atoms with Crippen molar-refractivity contribution in [2.45, 2.75) is 12.0 Å². The minimum atomic E-state index is -0.912. The molecule has 0 saturated carbocycles. The predicted molar refractivity (Wildman–Crippen MR) is 124 cm³/mol. The van der Waals surface area contributed by atoms with Crippen LogP contribution in [0.5, 0.6) is 17.2 Å². The van der Waals surface area contributed by atoms with Crippen molar-refractivity contribution in [1.82, 2.24) is 15.3 Å². The first-order valence-electron chi connectivity index (χ1n) is 11.7. The van der Waals surface area contributed by atoms with E-state index in [0.717, 1.165) is 11.1 Å². The fraction of sp³-hybridized carbons (Fsp3) is 0.440. The zero-order valence-electron chi connectivity index (χ0n) is 19.5. The quantitative estimate of drug-likeness (QED) is 0.607. The summed E-state index contributed by atoms with van der Waals surface area (Å²) in [7, 11) is 1.59. The molecular weight excluding hydrogens is 454 g/mol. The van der Waals surface area contributed by atoms with Crippen LogP contribution < -0.4 is 19.6 Å². The Morgan fingerprint density at radius 1 is 1.06 bits per heavy atom. The highest BCUT2D eigenvalue weighted by molar-refractivity contribution is 5.78. The SMILES string of the molecule is COc1ccc(C2C(C(=O)O)C(c3ccc4c(c3)OCO4)CN2CC(=O)NN2CCOCC2)cc1. The van der Waals surface area contributed by atoms with Gasteiger partial charge < -0.3 is 24.1 Å². The van der Waals surface area contributed by atoms with Crippen LogP contribution in [0.4, 0.5) is 0 Å². The molecule has 1 amide bonds. The smallest absolute Gasteiger partial charge is 0.309 e. The topological polar surface area (TPSA) is 110 Å². The number of nitrogens with one attached hydrogen (secondary N) is 1. The molecule has 0 spiro atoms. The van der Waals surface area contributed by atoms with Crippen LogP contribution in [-0.2, 0) is 14.3 Å². The molecule has 10 nitrogen and oxygen atoms in total. The summed E-state index contributed by atoms with van der Waals surface area (Å²) >= 11 is 0. The van der Waals surface area contributed by atoms with Gasteiger partial charge in [0.1, 0.15) is 5.75 Å². The Morgan fingerprint density at radius 3 is 2.49 bits per heavy atom. The molecule has 0 bridgehead atoms. The van der Waals surface area contributed by atoms with Crippen molar-refractivity contribution in [1.29, 1.82) is 0 Å². The fourth-order valence-corrected chi connectivity index (χ4v) is 5.14. The number of carbonyl (C=O) groups is 2. The van der Waals surface area contributed by atoms with E-state index in [9.17, 15) is 14.7 Å². The number of methoxy groups -OCH3 is 1. The van der Waals surface area contributed by atoms with E-state index < -0.39 is 17.9 Å². The fourth-order valence-electron chi connectivity index (χ4n) is 5.14. The second-order valence-electron chi connectivity index (χ2n) is 8.87. The van der Waals surface area contributed by atoms with Crippen molar-refractivity contribution in [3.8, 4) is 17.2 Å². The number of aliphatic carboxylic acids is 1. The number of morpholine rings is 1. The molecule has 35 heavy (non-hydrogen) atoms. The van der Waals surface area contributed by atoms with E-state index >= 15 is 0 Å². The first-order chi connectivity index (χ1) is 17.0. The van der Waals surface area contributed by atoms with Crippen LogP contribution in [0.25, 0.3) is 0 Å². The monoisotopic (exact) mass is 483 g/mol. The number of ether oxygens (including phenoxy) is 4. The standard InChI is InChI=1S/C25H29N3O7/c1-32-18-5-2-16(3-6-18)24-23(25(30)31)19(17-4-7-20-21(12-17)35-15-34-20)13-27(24)14-22(29)26-28-8-10-33-11-9-28/h2-7,12,19,23-24H,8-11,13-15H2,1H3,(H,26,29)(H,30,31). The van der Waals surface area contributed by atoms with Gasteiger partial charge in [-0.2, -0.15) is 0 Å². The Hall–Kier alpha value is -3.34. The van der Waals surface area contributed by atoms with Gasteiger partial charge >= 0.3 is 5.97 Å². The van der Waals surface area contributed by atoms with Gasteiger partial charge in [-0.05, 0) is 35.4 Å². The Labute approximate surface area is 203 Å². The molecule has 2 saturated heterocycles. The van der Waals surface area contributed by atoms with Crippen LogP contribution in [-0.4, -0.2) is 80.2 Å². The summed E-state index contributed by atoms with van der Waals surface area (Å²) < 4.78 is 21.6. The molecule has 3 aliphatic heterocycles. The lowest BCUT2D eigenvalue weighted by Gasteiger charge is -2.30. The Bertz CT molecular complexity index is 1070. The summed E-state index contributed by atoms with van der Waals surface area (Å²) in [5.41, 5.74) is 4.60. The number of fused-ring (bicyclic) bond motifs is 1. The second kappa shape index (κ2) is 10.1. The van der Waals surface area contributed by atoms with Crippen molar-refractivity contribution in [2.24, 2.45) is 5.92 Å². The largest absolute Gasteiger partial charge is 0.497 e. The van der Waals surface area contributed by atoms with Crippen molar-refractivity contribution in [3.05, 3.63) is 53.6 Å². The molecule has 3 atom stereocenters. The van der Waals surface area contributed by atoms with Gasteiger partial charge in [-0.15, -0.1) is 0 Å². The molecule has 0 radical (unpaired) electrons. The molecule has 2 aromatic carbocycles. The third kappa shape index (κ3) is 4.90. The summed E-state index contributed by atoms with van der Waals surface area (Å²) in [6, 6.07) is 12.4. The van der Waals surface area contributed by atoms with E-state index in [4.69, 9.17) is 18.9 Å². The number of rotatable bonds is 7.